The van der Waals surface area contributed by atoms with Gasteiger partial charge < -0.3 is 10.6 Å². The van der Waals surface area contributed by atoms with Crippen molar-refractivity contribution >= 4 is 23.2 Å². The lowest BCUT2D eigenvalue weighted by atomic mass is 10.0. The molecule has 0 unspecified atom stereocenters. The van der Waals surface area contributed by atoms with Gasteiger partial charge in [0.25, 0.3) is 11.8 Å². The molecule has 1 aromatic heterocycles. The zero-order valence-corrected chi connectivity index (χ0v) is 15.6. The molecule has 2 amide bonds. The number of hydrogen-bond acceptors (Lipinski definition) is 3. The van der Waals surface area contributed by atoms with Gasteiger partial charge in [-0.2, -0.15) is 0 Å². The lowest BCUT2D eigenvalue weighted by Crippen LogP contribution is -2.17. The zero-order chi connectivity index (χ0) is 20.1. The minimum atomic E-state index is -0.413. The fraction of sp³-hybridized carbons (Fsp3) is 0.136. The molecule has 0 aliphatic rings. The van der Waals surface area contributed by atoms with E-state index < -0.39 is 11.8 Å². The fourth-order valence-corrected chi connectivity index (χ4v) is 2.58. The Hall–Kier alpha value is -3.54. The van der Waals surface area contributed by atoms with Crippen molar-refractivity contribution in [3.8, 4) is 0 Å². The van der Waals surface area contributed by atoms with Gasteiger partial charge in [0.05, 0.1) is 0 Å². The molecular weight excluding hydrogens is 357 g/mol. The monoisotopic (exact) mass is 377 g/mol. The van der Waals surface area contributed by atoms with E-state index in [9.17, 15) is 14.0 Å². The predicted molar refractivity (Wildman–Crippen MR) is 107 cm³/mol. The molecule has 0 aliphatic carbocycles. The van der Waals surface area contributed by atoms with Gasteiger partial charge in [-0.25, -0.2) is 4.39 Å². The van der Waals surface area contributed by atoms with Gasteiger partial charge in [-0.15, -0.1) is 0 Å². The summed E-state index contributed by atoms with van der Waals surface area (Å²) in [5.41, 5.74) is 2.69. The largest absolute Gasteiger partial charge is 0.322 e. The van der Waals surface area contributed by atoms with Gasteiger partial charge in [-0.3, -0.25) is 14.6 Å². The van der Waals surface area contributed by atoms with Crippen LogP contribution in [-0.4, -0.2) is 16.8 Å². The fourth-order valence-electron chi connectivity index (χ4n) is 2.58. The van der Waals surface area contributed by atoms with Crippen LogP contribution in [-0.2, 0) is 0 Å². The van der Waals surface area contributed by atoms with Crippen LogP contribution in [0.2, 0.25) is 0 Å². The standard InChI is InChI=1S/C22H20FN3O2/c1-14(2)15-3-7-18(8-4-15)26-22(28)20-13-16(11-12-24-20)21(27)25-19-9-5-17(23)6-10-19/h3-14H,1-2H3,(H,25,27)(H,26,28). The molecule has 3 rings (SSSR count). The molecule has 2 aromatic carbocycles. The Labute approximate surface area is 162 Å². The van der Waals surface area contributed by atoms with Crippen molar-refractivity contribution in [3.05, 3.63) is 89.5 Å². The minimum absolute atomic E-state index is 0.125. The number of benzene rings is 2. The number of rotatable bonds is 5. The third kappa shape index (κ3) is 4.79. The van der Waals surface area contributed by atoms with Crippen molar-refractivity contribution in [3.63, 3.8) is 0 Å². The second-order valence-electron chi connectivity index (χ2n) is 6.62. The van der Waals surface area contributed by atoms with Crippen molar-refractivity contribution in [1.29, 1.82) is 0 Å². The molecule has 0 radical (unpaired) electrons. The van der Waals surface area contributed by atoms with Crippen LogP contribution in [0, 0.1) is 5.82 Å². The van der Waals surface area contributed by atoms with E-state index in [0.29, 0.717) is 17.3 Å². The summed E-state index contributed by atoms with van der Waals surface area (Å²) in [6.45, 7) is 4.19. The third-order valence-corrected chi connectivity index (χ3v) is 4.19. The SMILES string of the molecule is CC(C)c1ccc(NC(=O)c2cc(C(=O)Nc3ccc(F)cc3)ccn2)cc1. The molecule has 0 atom stereocenters. The Balaban J connectivity index is 1.70. The summed E-state index contributed by atoms with van der Waals surface area (Å²) in [4.78, 5) is 28.9. The topological polar surface area (TPSA) is 71.1 Å². The number of hydrogen-bond donors (Lipinski definition) is 2. The second-order valence-corrected chi connectivity index (χ2v) is 6.62. The second kappa shape index (κ2) is 8.43. The summed E-state index contributed by atoms with van der Waals surface area (Å²) >= 11 is 0. The van der Waals surface area contributed by atoms with E-state index >= 15 is 0 Å². The maximum Gasteiger partial charge on any atom is 0.274 e. The average Bonchev–Trinajstić information content (AvgIpc) is 2.70. The van der Waals surface area contributed by atoms with Gasteiger partial charge in [-0.1, -0.05) is 26.0 Å². The summed E-state index contributed by atoms with van der Waals surface area (Å²) < 4.78 is 13.0. The molecule has 142 valence electrons. The van der Waals surface area contributed by atoms with Gasteiger partial charge in [0.2, 0.25) is 0 Å². The summed E-state index contributed by atoms with van der Waals surface area (Å²) in [6, 6.07) is 15.9. The van der Waals surface area contributed by atoms with E-state index in [0.717, 1.165) is 0 Å². The molecule has 0 saturated heterocycles. The highest BCUT2D eigenvalue weighted by atomic mass is 19.1. The minimum Gasteiger partial charge on any atom is -0.322 e. The summed E-state index contributed by atoms with van der Waals surface area (Å²) in [6.07, 6.45) is 1.40. The van der Waals surface area contributed by atoms with E-state index in [-0.39, 0.29) is 17.1 Å². The van der Waals surface area contributed by atoms with E-state index in [4.69, 9.17) is 0 Å². The number of carbonyl (C=O) groups excluding carboxylic acids is 2. The first kappa shape index (κ1) is 19.2. The van der Waals surface area contributed by atoms with Crippen molar-refractivity contribution in [2.45, 2.75) is 19.8 Å². The van der Waals surface area contributed by atoms with Crippen LogP contribution in [0.15, 0.2) is 66.9 Å². The lowest BCUT2D eigenvalue weighted by Gasteiger charge is -2.09. The van der Waals surface area contributed by atoms with Crippen LogP contribution in [0.25, 0.3) is 0 Å². The Morgan fingerprint density at radius 1 is 0.857 bits per heavy atom. The highest BCUT2D eigenvalue weighted by molar-refractivity contribution is 6.07. The molecule has 3 aromatic rings. The van der Waals surface area contributed by atoms with Gasteiger partial charge in [0.1, 0.15) is 11.5 Å². The Morgan fingerprint density at radius 3 is 2.04 bits per heavy atom. The number of nitrogens with zero attached hydrogens (tertiary/aromatic N) is 1. The van der Waals surface area contributed by atoms with Crippen LogP contribution in [0.3, 0.4) is 0 Å². The van der Waals surface area contributed by atoms with Crippen LogP contribution in [0.5, 0.6) is 0 Å². The molecule has 0 saturated carbocycles. The molecule has 0 spiro atoms. The first-order valence-electron chi connectivity index (χ1n) is 8.86. The Bertz CT molecular complexity index is 983. The summed E-state index contributed by atoms with van der Waals surface area (Å²) in [5.74, 6) is -0.803. The van der Waals surface area contributed by atoms with Crippen LogP contribution >= 0.6 is 0 Å². The Morgan fingerprint density at radius 2 is 1.43 bits per heavy atom. The van der Waals surface area contributed by atoms with Crippen molar-refractivity contribution in [2.24, 2.45) is 0 Å². The summed E-state index contributed by atoms with van der Waals surface area (Å²) in [5, 5.41) is 5.42. The lowest BCUT2D eigenvalue weighted by molar-refractivity contribution is 0.102. The first-order chi connectivity index (χ1) is 13.4. The predicted octanol–water partition coefficient (Wildman–Crippen LogP) is 4.85. The van der Waals surface area contributed by atoms with E-state index in [1.54, 1.807) is 0 Å². The van der Waals surface area contributed by atoms with Crippen molar-refractivity contribution in [2.75, 3.05) is 10.6 Å². The number of pyridine rings is 1. The molecule has 0 fully saturated rings. The van der Waals surface area contributed by atoms with Gasteiger partial charge in [-0.05, 0) is 60.0 Å². The van der Waals surface area contributed by atoms with Crippen LogP contribution < -0.4 is 10.6 Å². The number of nitrogens with one attached hydrogen (secondary N) is 2. The zero-order valence-electron chi connectivity index (χ0n) is 15.6. The van der Waals surface area contributed by atoms with Gasteiger partial charge >= 0.3 is 0 Å². The average molecular weight is 377 g/mol. The number of amides is 2. The van der Waals surface area contributed by atoms with Crippen LogP contribution in [0.4, 0.5) is 15.8 Å². The molecule has 0 bridgehead atoms. The van der Waals surface area contributed by atoms with E-state index in [1.165, 1.54) is 48.2 Å². The van der Waals surface area contributed by atoms with E-state index in [2.05, 4.69) is 29.5 Å². The maximum atomic E-state index is 13.0. The normalized spacial score (nSPS) is 10.6. The molecule has 28 heavy (non-hydrogen) atoms. The quantitative estimate of drug-likeness (QED) is 0.668. The molecule has 0 aliphatic heterocycles. The Kier molecular flexibility index (Phi) is 5.79. The highest BCUT2D eigenvalue weighted by Crippen LogP contribution is 2.18. The van der Waals surface area contributed by atoms with Crippen molar-refractivity contribution < 1.29 is 14.0 Å². The third-order valence-electron chi connectivity index (χ3n) is 4.19. The maximum absolute atomic E-state index is 13.0. The van der Waals surface area contributed by atoms with Crippen LogP contribution in [0.1, 0.15) is 46.2 Å². The number of anilines is 2. The van der Waals surface area contributed by atoms with Crippen molar-refractivity contribution in [1.82, 2.24) is 4.98 Å². The number of aromatic nitrogens is 1. The van der Waals surface area contributed by atoms with E-state index in [1.807, 2.05) is 24.3 Å². The molecular formula is C22H20FN3O2. The molecule has 6 heteroatoms. The molecule has 1 heterocycles. The number of halogens is 1. The first-order valence-corrected chi connectivity index (χ1v) is 8.86. The highest BCUT2D eigenvalue weighted by Gasteiger charge is 2.13. The molecule has 2 N–H and O–H groups in total. The summed E-state index contributed by atoms with van der Waals surface area (Å²) in [7, 11) is 0. The van der Waals surface area contributed by atoms with Gasteiger partial charge in [0.15, 0.2) is 0 Å². The number of carbonyl (C=O) groups is 2. The smallest absolute Gasteiger partial charge is 0.274 e. The molecule has 5 nitrogen and oxygen atoms in total. The van der Waals surface area contributed by atoms with Gasteiger partial charge in [0, 0.05) is 23.1 Å².